The van der Waals surface area contributed by atoms with Crippen LogP contribution in [0, 0.1) is 0 Å². The highest BCUT2D eigenvalue weighted by atomic mass is 16.5. The number of nitrogens with two attached hydrogens (primary N) is 1. The van der Waals surface area contributed by atoms with Gasteiger partial charge >= 0.3 is 5.97 Å². The zero-order valence-electron chi connectivity index (χ0n) is 11.9. The summed E-state index contributed by atoms with van der Waals surface area (Å²) in [6.45, 7) is 5.67. The Hall–Kier alpha value is -2.24. The predicted molar refractivity (Wildman–Crippen MR) is 75.6 cm³/mol. The second-order valence-electron chi connectivity index (χ2n) is 4.53. The highest BCUT2D eigenvalue weighted by molar-refractivity contribution is 5.95. The van der Waals surface area contributed by atoms with E-state index in [1.807, 2.05) is 0 Å². The van der Waals surface area contributed by atoms with Crippen molar-refractivity contribution in [3.05, 3.63) is 23.8 Å². The second kappa shape index (κ2) is 7.37. The van der Waals surface area contributed by atoms with Crippen LogP contribution in [-0.4, -0.2) is 31.1 Å². The van der Waals surface area contributed by atoms with E-state index in [-0.39, 0.29) is 17.6 Å². The van der Waals surface area contributed by atoms with E-state index in [1.54, 1.807) is 26.0 Å². The molecule has 0 bridgehead atoms. The molecule has 110 valence electrons. The van der Waals surface area contributed by atoms with Crippen molar-refractivity contribution in [1.82, 2.24) is 5.32 Å². The Morgan fingerprint density at radius 2 is 2.05 bits per heavy atom. The molecule has 6 heteroatoms. The third-order valence-corrected chi connectivity index (χ3v) is 2.33. The molecule has 0 aliphatic carbocycles. The van der Waals surface area contributed by atoms with Crippen molar-refractivity contribution in [2.24, 2.45) is 0 Å². The minimum absolute atomic E-state index is 0.118. The first-order chi connectivity index (χ1) is 9.40. The third-order valence-electron chi connectivity index (χ3n) is 2.33. The molecule has 0 fully saturated rings. The van der Waals surface area contributed by atoms with Crippen molar-refractivity contribution in [3.8, 4) is 5.75 Å². The molecule has 1 aromatic carbocycles. The molecule has 0 unspecified atom stereocenters. The Balaban J connectivity index is 2.66. The topological polar surface area (TPSA) is 90.6 Å². The standard InChI is InChI=1S/C14H20N2O4/c1-9(2)20-14(18)12-8-11(4-5-13(12)15)19-7-6-16-10(3)17/h4-5,8-9H,6-7,15H2,1-3H3,(H,16,17). The van der Waals surface area contributed by atoms with Crippen LogP contribution in [0.25, 0.3) is 0 Å². The molecule has 1 rings (SSSR count). The van der Waals surface area contributed by atoms with E-state index >= 15 is 0 Å². The van der Waals surface area contributed by atoms with E-state index in [2.05, 4.69) is 5.32 Å². The Bertz CT molecular complexity index is 486. The first-order valence-electron chi connectivity index (χ1n) is 6.38. The van der Waals surface area contributed by atoms with Gasteiger partial charge < -0.3 is 20.5 Å². The molecule has 1 amide bonds. The molecular weight excluding hydrogens is 260 g/mol. The van der Waals surface area contributed by atoms with Crippen molar-refractivity contribution < 1.29 is 19.1 Å². The van der Waals surface area contributed by atoms with Crippen molar-refractivity contribution in [3.63, 3.8) is 0 Å². The monoisotopic (exact) mass is 280 g/mol. The summed E-state index contributed by atoms with van der Waals surface area (Å²) >= 11 is 0. The number of anilines is 1. The van der Waals surface area contributed by atoms with Gasteiger partial charge in [0.25, 0.3) is 0 Å². The molecule has 3 N–H and O–H groups in total. The van der Waals surface area contributed by atoms with E-state index in [9.17, 15) is 9.59 Å². The summed E-state index contributed by atoms with van der Waals surface area (Å²) in [5, 5.41) is 2.61. The van der Waals surface area contributed by atoms with Gasteiger partial charge in [-0.25, -0.2) is 4.79 Å². The van der Waals surface area contributed by atoms with Crippen LogP contribution in [0.15, 0.2) is 18.2 Å². The fourth-order valence-electron chi connectivity index (χ4n) is 1.48. The predicted octanol–water partition coefficient (Wildman–Crippen LogP) is 1.35. The number of hydrogen-bond acceptors (Lipinski definition) is 5. The van der Waals surface area contributed by atoms with Crippen molar-refractivity contribution in [2.75, 3.05) is 18.9 Å². The zero-order valence-corrected chi connectivity index (χ0v) is 11.9. The Morgan fingerprint density at radius 3 is 2.65 bits per heavy atom. The first-order valence-corrected chi connectivity index (χ1v) is 6.38. The summed E-state index contributed by atoms with van der Waals surface area (Å²) in [4.78, 5) is 22.5. The van der Waals surface area contributed by atoms with E-state index < -0.39 is 5.97 Å². The maximum atomic E-state index is 11.8. The largest absolute Gasteiger partial charge is 0.492 e. The van der Waals surface area contributed by atoms with Crippen LogP contribution in [0.4, 0.5) is 5.69 Å². The van der Waals surface area contributed by atoms with Gasteiger partial charge in [0.15, 0.2) is 0 Å². The lowest BCUT2D eigenvalue weighted by Gasteiger charge is -2.12. The summed E-state index contributed by atoms with van der Waals surface area (Å²) < 4.78 is 10.5. The van der Waals surface area contributed by atoms with Crippen LogP contribution >= 0.6 is 0 Å². The number of hydrogen-bond donors (Lipinski definition) is 2. The number of nitrogens with one attached hydrogen (secondary N) is 1. The first kappa shape index (κ1) is 15.8. The Morgan fingerprint density at radius 1 is 1.35 bits per heavy atom. The molecule has 0 heterocycles. The molecule has 0 aromatic heterocycles. The SMILES string of the molecule is CC(=O)NCCOc1ccc(N)c(C(=O)OC(C)C)c1. The second-order valence-corrected chi connectivity index (χ2v) is 4.53. The van der Waals surface area contributed by atoms with Gasteiger partial charge in [0.2, 0.25) is 5.91 Å². The number of benzene rings is 1. The lowest BCUT2D eigenvalue weighted by molar-refractivity contribution is -0.119. The molecule has 0 radical (unpaired) electrons. The summed E-state index contributed by atoms with van der Waals surface area (Å²) in [5.74, 6) is -0.0998. The highest BCUT2D eigenvalue weighted by Crippen LogP contribution is 2.21. The van der Waals surface area contributed by atoms with Crippen LogP contribution in [0.3, 0.4) is 0 Å². The molecule has 6 nitrogen and oxygen atoms in total. The minimum atomic E-state index is -0.482. The highest BCUT2D eigenvalue weighted by Gasteiger charge is 2.14. The van der Waals surface area contributed by atoms with Crippen LogP contribution in [0.5, 0.6) is 5.75 Å². The van der Waals surface area contributed by atoms with Gasteiger partial charge in [0, 0.05) is 12.6 Å². The average molecular weight is 280 g/mol. The summed E-state index contributed by atoms with van der Waals surface area (Å²) in [6, 6.07) is 4.79. The van der Waals surface area contributed by atoms with Crippen molar-refractivity contribution in [1.29, 1.82) is 0 Å². The molecule has 0 aliphatic rings. The number of carbonyl (C=O) groups excluding carboxylic acids is 2. The van der Waals surface area contributed by atoms with E-state index in [4.69, 9.17) is 15.2 Å². The minimum Gasteiger partial charge on any atom is -0.492 e. The van der Waals surface area contributed by atoms with Gasteiger partial charge in [0.05, 0.1) is 18.2 Å². The number of amides is 1. The van der Waals surface area contributed by atoms with Gasteiger partial charge in [-0.1, -0.05) is 0 Å². The smallest absolute Gasteiger partial charge is 0.340 e. The van der Waals surface area contributed by atoms with Crippen LogP contribution in [0.2, 0.25) is 0 Å². The van der Waals surface area contributed by atoms with Gasteiger partial charge in [-0.3, -0.25) is 4.79 Å². The van der Waals surface area contributed by atoms with Gasteiger partial charge in [-0.05, 0) is 32.0 Å². The van der Waals surface area contributed by atoms with Gasteiger partial charge in [-0.2, -0.15) is 0 Å². The maximum Gasteiger partial charge on any atom is 0.340 e. The summed E-state index contributed by atoms with van der Waals surface area (Å²) in [7, 11) is 0. The molecule has 0 spiro atoms. The van der Waals surface area contributed by atoms with E-state index in [1.165, 1.54) is 13.0 Å². The molecule has 0 atom stereocenters. The van der Waals surface area contributed by atoms with Crippen LogP contribution < -0.4 is 15.8 Å². The van der Waals surface area contributed by atoms with Crippen LogP contribution in [-0.2, 0) is 9.53 Å². The van der Waals surface area contributed by atoms with Gasteiger partial charge in [-0.15, -0.1) is 0 Å². The van der Waals surface area contributed by atoms with Gasteiger partial charge in [0.1, 0.15) is 12.4 Å². The molecule has 0 aliphatic heterocycles. The number of carbonyl (C=O) groups is 2. The van der Waals surface area contributed by atoms with Crippen molar-refractivity contribution >= 4 is 17.6 Å². The fourth-order valence-corrected chi connectivity index (χ4v) is 1.48. The van der Waals surface area contributed by atoms with Crippen LogP contribution in [0.1, 0.15) is 31.1 Å². The Labute approximate surface area is 118 Å². The number of rotatable bonds is 6. The maximum absolute atomic E-state index is 11.8. The molecule has 1 aromatic rings. The normalized spacial score (nSPS) is 10.2. The van der Waals surface area contributed by atoms with E-state index in [0.29, 0.717) is 24.6 Å². The molecule has 0 saturated heterocycles. The lowest BCUT2D eigenvalue weighted by atomic mass is 10.1. The quantitative estimate of drug-likeness (QED) is 0.466. The summed E-state index contributed by atoms with van der Waals surface area (Å²) in [5.41, 5.74) is 6.36. The molecular formula is C14H20N2O4. The molecule has 0 saturated carbocycles. The number of nitrogen functional groups attached to an aromatic ring is 1. The lowest BCUT2D eigenvalue weighted by Crippen LogP contribution is -2.25. The average Bonchev–Trinajstić information content (AvgIpc) is 2.35. The number of ether oxygens (including phenoxy) is 2. The number of esters is 1. The fraction of sp³-hybridized carbons (Fsp3) is 0.429. The van der Waals surface area contributed by atoms with Crippen molar-refractivity contribution in [2.45, 2.75) is 26.9 Å². The molecule has 20 heavy (non-hydrogen) atoms. The Kier molecular flexibility index (Phi) is 5.83. The third kappa shape index (κ3) is 5.17. The summed E-state index contributed by atoms with van der Waals surface area (Å²) in [6.07, 6.45) is -0.216. The zero-order chi connectivity index (χ0) is 15.1. The van der Waals surface area contributed by atoms with E-state index in [0.717, 1.165) is 0 Å².